The van der Waals surface area contributed by atoms with Crippen LogP contribution in [0.4, 0.5) is 0 Å². The summed E-state index contributed by atoms with van der Waals surface area (Å²) in [6, 6.07) is 4.17. The van der Waals surface area contributed by atoms with E-state index in [4.69, 9.17) is 0 Å². The summed E-state index contributed by atoms with van der Waals surface area (Å²) in [6.45, 7) is 6.88. The van der Waals surface area contributed by atoms with Gasteiger partial charge in [0.2, 0.25) is 5.91 Å². The van der Waals surface area contributed by atoms with Crippen molar-refractivity contribution in [3.63, 3.8) is 0 Å². The first-order valence-electron chi connectivity index (χ1n) is 7.56. The van der Waals surface area contributed by atoms with Crippen molar-refractivity contribution in [1.29, 1.82) is 0 Å². The van der Waals surface area contributed by atoms with E-state index in [9.17, 15) is 4.79 Å². The molecule has 0 spiro atoms. The highest BCUT2D eigenvalue weighted by atomic mass is 16.2. The molecule has 2 rings (SSSR count). The Morgan fingerprint density at radius 2 is 2.40 bits per heavy atom. The molecule has 0 radical (unpaired) electrons. The van der Waals surface area contributed by atoms with E-state index >= 15 is 0 Å². The first kappa shape index (κ1) is 15.0. The van der Waals surface area contributed by atoms with E-state index in [2.05, 4.69) is 24.1 Å². The molecule has 0 aliphatic carbocycles. The molecule has 20 heavy (non-hydrogen) atoms. The maximum Gasteiger partial charge on any atom is 0.223 e. The zero-order chi connectivity index (χ0) is 14.4. The second-order valence-corrected chi connectivity index (χ2v) is 5.89. The molecule has 1 unspecified atom stereocenters. The Morgan fingerprint density at radius 3 is 3.00 bits per heavy atom. The first-order valence-corrected chi connectivity index (χ1v) is 7.56. The van der Waals surface area contributed by atoms with Gasteiger partial charge in [0.25, 0.3) is 0 Å². The first-order chi connectivity index (χ1) is 9.66. The van der Waals surface area contributed by atoms with E-state index in [1.165, 1.54) is 6.42 Å². The highest BCUT2D eigenvalue weighted by molar-refractivity contribution is 5.76. The summed E-state index contributed by atoms with van der Waals surface area (Å²) < 4.78 is 0. The van der Waals surface area contributed by atoms with Gasteiger partial charge in [0.05, 0.1) is 0 Å². The third-order valence-corrected chi connectivity index (χ3v) is 3.88. The van der Waals surface area contributed by atoms with Gasteiger partial charge in [-0.05, 0) is 57.3 Å². The molecule has 0 bridgehead atoms. The standard InChI is InChI=1S/C16H25N3O/c1-13(2)19(12-15-6-4-8-18-11-15)16(20)9-14-5-3-7-17-10-14/h4,6,8,11,13-14,17H,3,5,7,9-10,12H2,1-2H3. The molecule has 1 aliphatic heterocycles. The minimum atomic E-state index is 0.222. The quantitative estimate of drug-likeness (QED) is 0.896. The minimum Gasteiger partial charge on any atom is -0.336 e. The van der Waals surface area contributed by atoms with Crippen molar-refractivity contribution in [2.75, 3.05) is 13.1 Å². The van der Waals surface area contributed by atoms with Crippen molar-refractivity contribution in [3.05, 3.63) is 30.1 Å². The lowest BCUT2D eigenvalue weighted by Crippen LogP contribution is -2.39. The molecule has 110 valence electrons. The summed E-state index contributed by atoms with van der Waals surface area (Å²) in [4.78, 5) is 18.6. The average Bonchev–Trinajstić information content (AvgIpc) is 2.46. The minimum absolute atomic E-state index is 0.222. The van der Waals surface area contributed by atoms with Crippen LogP contribution in [0.25, 0.3) is 0 Å². The number of pyridine rings is 1. The number of carbonyl (C=O) groups is 1. The fraction of sp³-hybridized carbons (Fsp3) is 0.625. The van der Waals surface area contributed by atoms with Crippen LogP contribution in [0.3, 0.4) is 0 Å². The Morgan fingerprint density at radius 1 is 1.55 bits per heavy atom. The van der Waals surface area contributed by atoms with E-state index in [1.54, 1.807) is 6.20 Å². The SMILES string of the molecule is CC(C)N(Cc1cccnc1)C(=O)CC1CCCNC1. The number of rotatable bonds is 5. The summed E-state index contributed by atoms with van der Waals surface area (Å²) in [7, 11) is 0. The smallest absolute Gasteiger partial charge is 0.223 e. The zero-order valence-electron chi connectivity index (χ0n) is 12.5. The van der Waals surface area contributed by atoms with Gasteiger partial charge in [-0.2, -0.15) is 0 Å². The van der Waals surface area contributed by atoms with Crippen molar-refractivity contribution in [2.24, 2.45) is 5.92 Å². The van der Waals surface area contributed by atoms with Crippen LogP contribution in [0.5, 0.6) is 0 Å². The normalized spacial score (nSPS) is 19.1. The van der Waals surface area contributed by atoms with Gasteiger partial charge in [0.1, 0.15) is 0 Å². The molecule has 1 aromatic heterocycles. The number of hydrogen-bond donors (Lipinski definition) is 1. The summed E-state index contributed by atoms with van der Waals surface area (Å²) in [5, 5.41) is 3.38. The predicted molar refractivity (Wildman–Crippen MR) is 80.1 cm³/mol. The second-order valence-electron chi connectivity index (χ2n) is 5.89. The van der Waals surface area contributed by atoms with Gasteiger partial charge in [-0.1, -0.05) is 6.07 Å². The lowest BCUT2D eigenvalue weighted by molar-refractivity contribution is -0.134. The van der Waals surface area contributed by atoms with E-state index in [0.717, 1.165) is 25.1 Å². The number of hydrogen-bond acceptors (Lipinski definition) is 3. The van der Waals surface area contributed by atoms with E-state index in [-0.39, 0.29) is 11.9 Å². The molecule has 2 heterocycles. The van der Waals surface area contributed by atoms with Crippen LogP contribution in [0.1, 0.15) is 38.7 Å². The molecule has 1 aliphatic rings. The summed E-state index contributed by atoms with van der Waals surface area (Å²) in [5.41, 5.74) is 1.09. The Labute approximate surface area is 121 Å². The molecule has 1 saturated heterocycles. The van der Waals surface area contributed by atoms with Crippen molar-refractivity contribution >= 4 is 5.91 Å². The Hall–Kier alpha value is -1.42. The highest BCUT2D eigenvalue weighted by Crippen LogP contribution is 2.17. The average molecular weight is 275 g/mol. The molecule has 1 atom stereocenters. The number of carbonyl (C=O) groups excluding carboxylic acids is 1. The highest BCUT2D eigenvalue weighted by Gasteiger charge is 2.22. The van der Waals surface area contributed by atoms with Crippen LogP contribution in [0, 0.1) is 5.92 Å². The lowest BCUT2D eigenvalue weighted by atomic mass is 9.95. The number of piperidine rings is 1. The van der Waals surface area contributed by atoms with Crippen molar-refractivity contribution in [3.8, 4) is 0 Å². The van der Waals surface area contributed by atoms with Gasteiger partial charge in [-0.15, -0.1) is 0 Å². The van der Waals surface area contributed by atoms with Gasteiger partial charge < -0.3 is 10.2 Å². The Bertz CT molecular complexity index is 413. The van der Waals surface area contributed by atoms with Crippen LogP contribution in [0.2, 0.25) is 0 Å². The lowest BCUT2D eigenvalue weighted by Gasteiger charge is -2.30. The maximum absolute atomic E-state index is 12.5. The van der Waals surface area contributed by atoms with E-state index in [0.29, 0.717) is 18.9 Å². The third kappa shape index (κ3) is 4.30. The molecular weight excluding hydrogens is 250 g/mol. The molecule has 1 N–H and O–H groups in total. The predicted octanol–water partition coefficient (Wildman–Crippen LogP) is 2.21. The fourth-order valence-electron chi connectivity index (χ4n) is 2.71. The summed E-state index contributed by atoms with van der Waals surface area (Å²) in [6.07, 6.45) is 6.61. The summed E-state index contributed by atoms with van der Waals surface area (Å²) in [5.74, 6) is 0.754. The Kier molecular flexibility index (Phi) is 5.53. The molecule has 4 nitrogen and oxygen atoms in total. The molecule has 1 aromatic rings. The summed E-state index contributed by atoms with van der Waals surface area (Å²) >= 11 is 0. The van der Waals surface area contributed by atoms with E-state index in [1.807, 2.05) is 23.2 Å². The molecular formula is C16H25N3O. The molecule has 4 heteroatoms. The van der Waals surface area contributed by atoms with E-state index < -0.39 is 0 Å². The Balaban J connectivity index is 1.95. The van der Waals surface area contributed by atoms with Crippen LogP contribution < -0.4 is 5.32 Å². The number of amides is 1. The van der Waals surface area contributed by atoms with Gasteiger partial charge in [-0.3, -0.25) is 9.78 Å². The molecule has 1 amide bonds. The van der Waals surface area contributed by atoms with Gasteiger partial charge in [0, 0.05) is 31.4 Å². The van der Waals surface area contributed by atoms with Gasteiger partial charge in [0.15, 0.2) is 0 Å². The molecule has 0 saturated carbocycles. The van der Waals surface area contributed by atoms with Gasteiger partial charge >= 0.3 is 0 Å². The van der Waals surface area contributed by atoms with Crippen LogP contribution >= 0.6 is 0 Å². The van der Waals surface area contributed by atoms with Crippen molar-refractivity contribution in [1.82, 2.24) is 15.2 Å². The zero-order valence-corrected chi connectivity index (χ0v) is 12.5. The fourth-order valence-corrected chi connectivity index (χ4v) is 2.71. The van der Waals surface area contributed by atoms with Crippen LogP contribution in [-0.4, -0.2) is 34.9 Å². The van der Waals surface area contributed by atoms with Crippen LogP contribution in [-0.2, 0) is 11.3 Å². The number of aromatic nitrogens is 1. The van der Waals surface area contributed by atoms with Crippen LogP contribution in [0.15, 0.2) is 24.5 Å². The monoisotopic (exact) mass is 275 g/mol. The van der Waals surface area contributed by atoms with Crippen molar-refractivity contribution in [2.45, 2.75) is 45.7 Å². The maximum atomic E-state index is 12.5. The largest absolute Gasteiger partial charge is 0.336 e. The molecule has 1 fully saturated rings. The van der Waals surface area contributed by atoms with Crippen molar-refractivity contribution < 1.29 is 4.79 Å². The number of nitrogens with one attached hydrogen (secondary N) is 1. The van der Waals surface area contributed by atoms with Gasteiger partial charge in [-0.25, -0.2) is 0 Å². The number of nitrogens with zero attached hydrogens (tertiary/aromatic N) is 2. The third-order valence-electron chi connectivity index (χ3n) is 3.88. The second kappa shape index (κ2) is 7.39. The molecule has 0 aromatic carbocycles. The topological polar surface area (TPSA) is 45.2 Å².